The Kier molecular flexibility index (Phi) is 5.83. The fourth-order valence-corrected chi connectivity index (χ4v) is 2.70. The fraction of sp³-hybridized carbons (Fsp3) is 0.533. The van der Waals surface area contributed by atoms with Gasteiger partial charge in [0.2, 0.25) is 5.91 Å². The second kappa shape index (κ2) is 6.92. The third-order valence-electron chi connectivity index (χ3n) is 3.88. The molecular weight excluding hydrogens is 260 g/mol. The summed E-state index contributed by atoms with van der Waals surface area (Å²) >= 11 is 0. The third-order valence-corrected chi connectivity index (χ3v) is 3.88. The highest BCUT2D eigenvalue weighted by Gasteiger charge is 2.37. The van der Waals surface area contributed by atoms with Gasteiger partial charge in [-0.15, -0.1) is 12.4 Å². The number of rotatable bonds is 3. The van der Waals surface area contributed by atoms with Crippen molar-refractivity contribution in [1.82, 2.24) is 5.32 Å². The summed E-state index contributed by atoms with van der Waals surface area (Å²) in [5.41, 5.74) is 7.01. The van der Waals surface area contributed by atoms with Crippen molar-refractivity contribution in [3.8, 4) is 0 Å². The van der Waals surface area contributed by atoms with Crippen molar-refractivity contribution in [3.63, 3.8) is 0 Å². The third kappa shape index (κ3) is 4.22. The molecule has 2 rings (SSSR count). The molecule has 1 saturated carbocycles. The van der Waals surface area contributed by atoms with E-state index in [1.807, 2.05) is 37.3 Å². The topological polar surface area (TPSA) is 55.1 Å². The molecule has 0 spiro atoms. The summed E-state index contributed by atoms with van der Waals surface area (Å²) < 4.78 is 0. The van der Waals surface area contributed by atoms with E-state index in [0.717, 1.165) is 31.2 Å². The van der Waals surface area contributed by atoms with Crippen LogP contribution in [0.4, 0.5) is 0 Å². The number of benzene rings is 1. The molecule has 4 heteroatoms. The van der Waals surface area contributed by atoms with Crippen molar-refractivity contribution in [2.45, 2.75) is 44.7 Å². The minimum Gasteiger partial charge on any atom is -0.352 e. The summed E-state index contributed by atoms with van der Waals surface area (Å²) in [5, 5.41) is 3.01. The Morgan fingerprint density at radius 3 is 2.68 bits per heavy atom. The first-order valence-corrected chi connectivity index (χ1v) is 6.70. The molecule has 3 nitrogen and oxygen atoms in total. The normalized spacial score (nSPS) is 26.3. The van der Waals surface area contributed by atoms with Crippen molar-refractivity contribution in [2.75, 3.05) is 0 Å². The lowest BCUT2D eigenvalue weighted by atomic mass is 9.74. The van der Waals surface area contributed by atoms with Crippen LogP contribution in [0.25, 0.3) is 0 Å². The van der Waals surface area contributed by atoms with Crippen LogP contribution in [-0.2, 0) is 11.3 Å². The predicted molar refractivity (Wildman–Crippen MR) is 80.1 cm³/mol. The fourth-order valence-electron chi connectivity index (χ4n) is 2.70. The number of carbonyl (C=O) groups excluding carboxylic acids is 1. The Bertz CT molecular complexity index is 406. The van der Waals surface area contributed by atoms with Crippen molar-refractivity contribution in [1.29, 1.82) is 0 Å². The van der Waals surface area contributed by atoms with Crippen LogP contribution in [0.5, 0.6) is 0 Å². The number of nitrogens with two attached hydrogens (primary N) is 1. The number of hydrogen-bond acceptors (Lipinski definition) is 2. The van der Waals surface area contributed by atoms with Gasteiger partial charge in [-0.05, 0) is 25.3 Å². The maximum Gasteiger partial charge on any atom is 0.225 e. The molecular formula is C15H23ClN2O. The minimum atomic E-state index is -0.348. The molecule has 19 heavy (non-hydrogen) atoms. The quantitative estimate of drug-likeness (QED) is 0.895. The van der Waals surface area contributed by atoms with Crippen LogP contribution in [0.2, 0.25) is 0 Å². The largest absolute Gasteiger partial charge is 0.352 e. The zero-order chi connectivity index (χ0) is 13.0. The number of nitrogens with one attached hydrogen (secondary N) is 1. The van der Waals surface area contributed by atoms with Gasteiger partial charge in [0.25, 0.3) is 0 Å². The van der Waals surface area contributed by atoms with Gasteiger partial charge >= 0.3 is 0 Å². The second-order valence-electron chi connectivity index (χ2n) is 5.51. The Hall–Kier alpha value is -1.06. The van der Waals surface area contributed by atoms with Gasteiger partial charge in [-0.3, -0.25) is 4.79 Å². The summed E-state index contributed by atoms with van der Waals surface area (Å²) in [6, 6.07) is 9.97. The summed E-state index contributed by atoms with van der Waals surface area (Å²) in [7, 11) is 0. The lowest BCUT2D eigenvalue weighted by Gasteiger charge is -2.37. The Labute approximate surface area is 121 Å². The molecule has 2 atom stereocenters. The average Bonchev–Trinajstić information content (AvgIpc) is 2.37. The molecule has 1 amide bonds. The number of carbonyl (C=O) groups is 1. The molecule has 0 heterocycles. The smallest absolute Gasteiger partial charge is 0.225 e. The standard InChI is InChI=1S/C15H22N2O.ClH/c1-15(16)10-6-5-9-13(15)14(18)17-11-12-7-3-2-4-8-12;/h2-4,7-8,13H,5-6,9-11,16H2,1H3,(H,17,18);1H. The summed E-state index contributed by atoms with van der Waals surface area (Å²) in [6.45, 7) is 2.59. The number of amides is 1. The predicted octanol–water partition coefficient (Wildman–Crippen LogP) is 2.63. The monoisotopic (exact) mass is 282 g/mol. The SMILES string of the molecule is CC1(N)CCCCC1C(=O)NCc1ccccc1.Cl. The molecule has 0 aromatic heterocycles. The first-order chi connectivity index (χ1) is 8.59. The van der Waals surface area contributed by atoms with E-state index in [1.165, 1.54) is 0 Å². The van der Waals surface area contributed by atoms with Crippen LogP contribution < -0.4 is 11.1 Å². The van der Waals surface area contributed by atoms with Crippen LogP contribution in [0.1, 0.15) is 38.2 Å². The summed E-state index contributed by atoms with van der Waals surface area (Å²) in [6.07, 6.45) is 4.09. The maximum absolute atomic E-state index is 12.2. The highest BCUT2D eigenvalue weighted by molar-refractivity contribution is 5.85. The van der Waals surface area contributed by atoms with Crippen molar-refractivity contribution in [3.05, 3.63) is 35.9 Å². The molecule has 2 unspecified atom stereocenters. The molecule has 1 fully saturated rings. The van der Waals surface area contributed by atoms with Crippen LogP contribution in [-0.4, -0.2) is 11.4 Å². The Balaban J connectivity index is 0.00000180. The molecule has 1 aromatic rings. The Morgan fingerprint density at radius 2 is 2.05 bits per heavy atom. The summed E-state index contributed by atoms with van der Waals surface area (Å²) in [5.74, 6) is 0.0542. The van der Waals surface area contributed by atoms with Gasteiger partial charge in [-0.1, -0.05) is 43.2 Å². The van der Waals surface area contributed by atoms with Crippen LogP contribution in [0.15, 0.2) is 30.3 Å². The minimum absolute atomic E-state index is 0. The zero-order valence-electron chi connectivity index (χ0n) is 11.4. The lowest BCUT2D eigenvalue weighted by molar-refractivity contribution is -0.128. The van der Waals surface area contributed by atoms with E-state index in [0.29, 0.717) is 6.54 Å². The number of halogens is 1. The van der Waals surface area contributed by atoms with E-state index in [4.69, 9.17) is 5.73 Å². The highest BCUT2D eigenvalue weighted by atomic mass is 35.5. The van der Waals surface area contributed by atoms with Crippen LogP contribution in [0, 0.1) is 5.92 Å². The molecule has 0 radical (unpaired) electrons. The van der Waals surface area contributed by atoms with E-state index in [1.54, 1.807) is 0 Å². The van der Waals surface area contributed by atoms with Crippen LogP contribution >= 0.6 is 12.4 Å². The van der Waals surface area contributed by atoms with Gasteiger partial charge in [0.15, 0.2) is 0 Å². The molecule has 106 valence electrons. The van der Waals surface area contributed by atoms with Crippen molar-refractivity contribution >= 4 is 18.3 Å². The summed E-state index contributed by atoms with van der Waals surface area (Å²) in [4.78, 5) is 12.2. The van der Waals surface area contributed by atoms with E-state index in [9.17, 15) is 4.79 Å². The van der Waals surface area contributed by atoms with Crippen LogP contribution in [0.3, 0.4) is 0 Å². The van der Waals surface area contributed by atoms with Crippen molar-refractivity contribution in [2.24, 2.45) is 11.7 Å². The molecule has 0 saturated heterocycles. The molecule has 0 bridgehead atoms. The zero-order valence-corrected chi connectivity index (χ0v) is 12.2. The van der Waals surface area contributed by atoms with Gasteiger partial charge in [0.1, 0.15) is 0 Å². The lowest BCUT2D eigenvalue weighted by Crippen LogP contribution is -2.52. The molecule has 1 aliphatic rings. The molecule has 0 aliphatic heterocycles. The molecule has 1 aliphatic carbocycles. The first kappa shape index (κ1) is 16.0. The Morgan fingerprint density at radius 1 is 1.37 bits per heavy atom. The highest BCUT2D eigenvalue weighted by Crippen LogP contribution is 2.31. The average molecular weight is 283 g/mol. The van der Waals surface area contributed by atoms with E-state index in [-0.39, 0.29) is 29.8 Å². The number of hydrogen-bond donors (Lipinski definition) is 2. The van der Waals surface area contributed by atoms with Gasteiger partial charge in [-0.25, -0.2) is 0 Å². The van der Waals surface area contributed by atoms with Gasteiger partial charge in [0, 0.05) is 12.1 Å². The van der Waals surface area contributed by atoms with Gasteiger partial charge < -0.3 is 11.1 Å². The molecule has 3 N–H and O–H groups in total. The van der Waals surface area contributed by atoms with E-state index >= 15 is 0 Å². The first-order valence-electron chi connectivity index (χ1n) is 6.70. The second-order valence-corrected chi connectivity index (χ2v) is 5.51. The maximum atomic E-state index is 12.2. The van der Waals surface area contributed by atoms with Gasteiger partial charge in [-0.2, -0.15) is 0 Å². The van der Waals surface area contributed by atoms with E-state index < -0.39 is 0 Å². The molecule has 1 aromatic carbocycles. The van der Waals surface area contributed by atoms with Gasteiger partial charge in [0.05, 0.1) is 5.92 Å². The van der Waals surface area contributed by atoms with Crippen molar-refractivity contribution < 1.29 is 4.79 Å². The van der Waals surface area contributed by atoms with E-state index in [2.05, 4.69) is 5.32 Å².